The van der Waals surface area contributed by atoms with Gasteiger partial charge >= 0.3 is 0 Å². The van der Waals surface area contributed by atoms with Crippen LogP contribution in [-0.4, -0.2) is 46.2 Å². The Morgan fingerprint density at radius 1 is 1.43 bits per heavy atom. The minimum atomic E-state index is -2.87. The number of rotatable bonds is 5. The van der Waals surface area contributed by atoms with E-state index >= 15 is 0 Å². The van der Waals surface area contributed by atoms with Crippen LogP contribution in [0.25, 0.3) is 0 Å². The van der Waals surface area contributed by atoms with E-state index in [1.54, 1.807) is 0 Å². The molecule has 84 valence electrons. The van der Waals surface area contributed by atoms with E-state index < -0.39 is 9.84 Å². The fraction of sp³-hybridized carbons (Fsp3) is 1.00. The van der Waals surface area contributed by atoms with Crippen LogP contribution in [0.4, 0.5) is 0 Å². The molecule has 1 unspecified atom stereocenters. The molecule has 4 nitrogen and oxygen atoms in total. The minimum absolute atomic E-state index is 0.125. The predicted molar refractivity (Wildman–Crippen MR) is 56.2 cm³/mol. The topological polar surface area (TPSA) is 55.4 Å². The minimum Gasteiger partial charge on any atom is -0.379 e. The van der Waals surface area contributed by atoms with Crippen molar-refractivity contribution in [1.29, 1.82) is 0 Å². The maximum absolute atomic E-state index is 10.8. The second-order valence-corrected chi connectivity index (χ2v) is 6.11. The molecule has 0 aromatic heterocycles. The fourth-order valence-electron chi connectivity index (χ4n) is 1.50. The highest BCUT2D eigenvalue weighted by Gasteiger charge is 2.12. The predicted octanol–water partition coefficient (Wildman–Crippen LogP) is 0.190. The lowest BCUT2D eigenvalue weighted by molar-refractivity contribution is 0.115. The summed E-state index contributed by atoms with van der Waals surface area (Å²) < 4.78 is 26.9. The normalized spacial score (nSPS) is 23.6. The van der Waals surface area contributed by atoms with E-state index in [9.17, 15) is 8.42 Å². The van der Waals surface area contributed by atoms with Gasteiger partial charge in [0.25, 0.3) is 0 Å². The van der Waals surface area contributed by atoms with Crippen molar-refractivity contribution >= 4 is 9.84 Å². The highest BCUT2D eigenvalue weighted by atomic mass is 32.2. The van der Waals surface area contributed by atoms with Gasteiger partial charge in [-0.05, 0) is 19.4 Å². The Morgan fingerprint density at radius 3 is 2.79 bits per heavy atom. The van der Waals surface area contributed by atoms with Crippen molar-refractivity contribution in [2.24, 2.45) is 0 Å². The first-order valence-corrected chi connectivity index (χ1v) is 7.13. The van der Waals surface area contributed by atoms with Crippen LogP contribution >= 0.6 is 0 Å². The number of hydrogen-bond acceptors (Lipinski definition) is 4. The van der Waals surface area contributed by atoms with Crippen LogP contribution in [-0.2, 0) is 14.6 Å². The average Bonchev–Trinajstić information content (AvgIpc) is 2.13. The smallest absolute Gasteiger partial charge is 0.149 e. The molecule has 1 N–H and O–H groups in total. The van der Waals surface area contributed by atoms with Crippen molar-refractivity contribution in [3.8, 4) is 0 Å². The molecule has 0 saturated carbocycles. The third-order valence-corrected chi connectivity index (χ3v) is 3.24. The van der Waals surface area contributed by atoms with Crippen molar-refractivity contribution in [2.75, 3.05) is 31.8 Å². The Labute approximate surface area is 85.9 Å². The monoisotopic (exact) mass is 221 g/mol. The molecule has 0 aliphatic carbocycles. The zero-order valence-corrected chi connectivity index (χ0v) is 9.48. The van der Waals surface area contributed by atoms with Crippen molar-refractivity contribution < 1.29 is 13.2 Å². The summed E-state index contributed by atoms with van der Waals surface area (Å²) in [6.07, 6.45) is 4.85. The molecule has 1 saturated heterocycles. The molecule has 1 aliphatic rings. The lowest BCUT2D eigenvalue weighted by atomic mass is 10.1. The van der Waals surface area contributed by atoms with E-state index in [4.69, 9.17) is 4.74 Å². The Kier molecular flexibility index (Phi) is 4.84. The highest BCUT2D eigenvalue weighted by Crippen LogP contribution is 2.06. The van der Waals surface area contributed by atoms with Crippen LogP contribution in [0.15, 0.2) is 0 Å². The standard InChI is InChI=1S/C9H19NO3S/c1-14(11,12)7-6-13-8-9-4-2-3-5-10-9/h9-10H,2-8H2,1H3. The molecular formula is C9H19NO3S. The van der Waals surface area contributed by atoms with E-state index in [0.717, 1.165) is 13.0 Å². The lowest BCUT2D eigenvalue weighted by Crippen LogP contribution is -2.37. The summed E-state index contributed by atoms with van der Waals surface area (Å²) >= 11 is 0. The van der Waals surface area contributed by atoms with Gasteiger partial charge in [0.05, 0.1) is 19.0 Å². The second-order valence-electron chi connectivity index (χ2n) is 3.85. The summed E-state index contributed by atoms with van der Waals surface area (Å²) in [5, 5.41) is 3.34. The molecule has 1 aliphatic heterocycles. The van der Waals surface area contributed by atoms with Gasteiger partial charge in [-0.15, -0.1) is 0 Å². The van der Waals surface area contributed by atoms with E-state index in [1.807, 2.05) is 0 Å². The maximum atomic E-state index is 10.8. The van der Waals surface area contributed by atoms with E-state index in [1.165, 1.54) is 19.1 Å². The molecule has 0 bridgehead atoms. The first-order chi connectivity index (χ1) is 6.58. The van der Waals surface area contributed by atoms with Gasteiger partial charge in [-0.2, -0.15) is 0 Å². The number of ether oxygens (including phenoxy) is 1. The first-order valence-electron chi connectivity index (χ1n) is 5.07. The zero-order chi connectivity index (χ0) is 10.4. The summed E-state index contributed by atoms with van der Waals surface area (Å²) in [5.41, 5.74) is 0. The van der Waals surface area contributed by atoms with Gasteiger partial charge in [-0.3, -0.25) is 0 Å². The van der Waals surface area contributed by atoms with Gasteiger partial charge in [0.2, 0.25) is 0 Å². The van der Waals surface area contributed by atoms with E-state index in [-0.39, 0.29) is 5.75 Å². The van der Waals surface area contributed by atoms with Gasteiger partial charge < -0.3 is 10.1 Å². The SMILES string of the molecule is CS(=O)(=O)CCOCC1CCCCN1. The largest absolute Gasteiger partial charge is 0.379 e. The van der Waals surface area contributed by atoms with Crippen molar-refractivity contribution in [3.05, 3.63) is 0 Å². The second kappa shape index (κ2) is 5.68. The van der Waals surface area contributed by atoms with Gasteiger partial charge in [-0.1, -0.05) is 6.42 Å². The number of nitrogens with one attached hydrogen (secondary N) is 1. The Balaban J connectivity index is 2.03. The first kappa shape index (κ1) is 11.9. The van der Waals surface area contributed by atoms with Crippen molar-refractivity contribution in [2.45, 2.75) is 25.3 Å². The summed E-state index contributed by atoms with van der Waals surface area (Å²) in [6, 6.07) is 0.420. The molecule has 0 radical (unpaired) electrons. The van der Waals surface area contributed by atoms with Gasteiger partial charge in [0, 0.05) is 12.3 Å². The molecule has 1 rings (SSSR count). The molecule has 0 aromatic carbocycles. The summed E-state index contributed by atoms with van der Waals surface area (Å²) in [6.45, 7) is 2.01. The third-order valence-electron chi connectivity index (χ3n) is 2.33. The van der Waals surface area contributed by atoms with E-state index in [2.05, 4.69) is 5.32 Å². The molecule has 5 heteroatoms. The van der Waals surface area contributed by atoms with Crippen LogP contribution in [0.1, 0.15) is 19.3 Å². The number of piperidine rings is 1. The highest BCUT2D eigenvalue weighted by molar-refractivity contribution is 7.90. The Morgan fingerprint density at radius 2 is 2.21 bits per heavy atom. The van der Waals surface area contributed by atoms with Crippen LogP contribution in [0.5, 0.6) is 0 Å². The molecule has 0 aromatic rings. The van der Waals surface area contributed by atoms with Gasteiger partial charge in [0.15, 0.2) is 0 Å². The number of sulfone groups is 1. The van der Waals surface area contributed by atoms with Gasteiger partial charge in [-0.25, -0.2) is 8.42 Å². The third kappa shape index (κ3) is 5.57. The Hall–Kier alpha value is -0.130. The van der Waals surface area contributed by atoms with Crippen LogP contribution in [0, 0.1) is 0 Å². The molecule has 1 heterocycles. The molecule has 14 heavy (non-hydrogen) atoms. The summed E-state index contributed by atoms with van der Waals surface area (Å²) in [4.78, 5) is 0. The van der Waals surface area contributed by atoms with Crippen LogP contribution < -0.4 is 5.32 Å². The fourth-order valence-corrected chi connectivity index (χ4v) is 1.92. The lowest BCUT2D eigenvalue weighted by Gasteiger charge is -2.23. The van der Waals surface area contributed by atoms with Crippen LogP contribution in [0.3, 0.4) is 0 Å². The molecular weight excluding hydrogens is 202 g/mol. The summed E-state index contributed by atoms with van der Waals surface area (Å²) in [7, 11) is -2.87. The Bertz CT molecular complexity index is 245. The average molecular weight is 221 g/mol. The number of hydrogen-bond donors (Lipinski definition) is 1. The van der Waals surface area contributed by atoms with Crippen molar-refractivity contribution in [1.82, 2.24) is 5.32 Å². The maximum Gasteiger partial charge on any atom is 0.149 e. The molecule has 0 spiro atoms. The molecule has 0 amide bonds. The van der Waals surface area contributed by atoms with Gasteiger partial charge in [0.1, 0.15) is 9.84 Å². The molecule has 1 fully saturated rings. The van der Waals surface area contributed by atoms with Crippen LogP contribution in [0.2, 0.25) is 0 Å². The summed E-state index contributed by atoms with van der Waals surface area (Å²) in [5.74, 6) is 0.125. The zero-order valence-electron chi connectivity index (χ0n) is 8.66. The molecule has 1 atom stereocenters. The van der Waals surface area contributed by atoms with E-state index in [0.29, 0.717) is 19.3 Å². The quantitative estimate of drug-likeness (QED) is 0.673. The van der Waals surface area contributed by atoms with Crippen molar-refractivity contribution in [3.63, 3.8) is 0 Å².